The fourth-order valence-electron chi connectivity index (χ4n) is 2.82. The van der Waals surface area contributed by atoms with Gasteiger partial charge in [-0.2, -0.15) is 5.10 Å². The van der Waals surface area contributed by atoms with E-state index in [1.807, 2.05) is 6.20 Å². The Morgan fingerprint density at radius 1 is 1.15 bits per heavy atom. The van der Waals surface area contributed by atoms with Gasteiger partial charge < -0.3 is 5.32 Å². The smallest absolute Gasteiger partial charge is 0.0671 e. The zero-order valence-electron chi connectivity index (χ0n) is 11.2. The van der Waals surface area contributed by atoms with Crippen LogP contribution in [-0.2, 0) is 0 Å². The number of aromatic nitrogens is 2. The highest BCUT2D eigenvalue weighted by Crippen LogP contribution is 2.31. The summed E-state index contributed by atoms with van der Waals surface area (Å²) in [5.41, 5.74) is 5.66. The maximum Gasteiger partial charge on any atom is 0.0671 e. The third kappa shape index (κ3) is 1.84. The zero-order valence-corrected chi connectivity index (χ0v) is 11.2. The van der Waals surface area contributed by atoms with Gasteiger partial charge in [0.2, 0.25) is 0 Å². The molecule has 0 unspecified atom stereocenters. The van der Waals surface area contributed by atoms with Gasteiger partial charge in [-0.05, 0) is 37.0 Å². The molecule has 4 nitrogen and oxygen atoms in total. The number of fused-ring (bicyclic) bond motifs is 3. The highest BCUT2D eigenvalue weighted by molar-refractivity contribution is 6.07. The van der Waals surface area contributed by atoms with Gasteiger partial charge in [-0.25, -0.2) is 0 Å². The molecule has 2 aromatic rings. The van der Waals surface area contributed by atoms with E-state index in [0.29, 0.717) is 0 Å². The number of H-pyrrole nitrogens is 1. The molecule has 20 heavy (non-hydrogen) atoms. The Hall–Kier alpha value is -2.36. The van der Waals surface area contributed by atoms with Crippen LogP contribution in [0.15, 0.2) is 41.2 Å². The van der Waals surface area contributed by atoms with E-state index in [1.165, 1.54) is 24.1 Å². The third-order valence-electron chi connectivity index (χ3n) is 3.89. The summed E-state index contributed by atoms with van der Waals surface area (Å²) in [5.74, 6) is 0. The first-order valence-corrected chi connectivity index (χ1v) is 7.07. The van der Waals surface area contributed by atoms with Gasteiger partial charge in [-0.1, -0.05) is 18.2 Å². The lowest BCUT2D eigenvalue weighted by Gasteiger charge is -2.17. The number of nitrogens with one attached hydrogen (secondary N) is 2. The molecule has 3 heterocycles. The molecule has 2 aliphatic heterocycles. The molecule has 4 rings (SSSR count). The van der Waals surface area contributed by atoms with Crippen molar-refractivity contribution in [3.8, 4) is 0 Å². The first-order valence-electron chi connectivity index (χ1n) is 7.07. The average Bonchev–Trinajstić information content (AvgIpc) is 2.87. The van der Waals surface area contributed by atoms with Crippen molar-refractivity contribution in [3.05, 3.63) is 41.7 Å². The first kappa shape index (κ1) is 11.5. The summed E-state index contributed by atoms with van der Waals surface area (Å²) in [4.78, 5) is 4.66. The van der Waals surface area contributed by atoms with Crippen LogP contribution < -0.4 is 5.32 Å². The zero-order chi connectivity index (χ0) is 13.4. The number of allylic oxidation sites excluding steroid dienone is 3. The van der Waals surface area contributed by atoms with Crippen molar-refractivity contribution in [2.45, 2.75) is 19.3 Å². The van der Waals surface area contributed by atoms with Crippen molar-refractivity contribution in [1.82, 2.24) is 10.2 Å². The molecule has 0 bridgehead atoms. The summed E-state index contributed by atoms with van der Waals surface area (Å²) in [6.07, 6.45) is 11.7. The number of aromatic amines is 1. The van der Waals surface area contributed by atoms with E-state index < -0.39 is 0 Å². The van der Waals surface area contributed by atoms with Crippen LogP contribution in [0.4, 0.5) is 5.69 Å². The fourth-order valence-corrected chi connectivity index (χ4v) is 2.82. The van der Waals surface area contributed by atoms with Gasteiger partial charge in [0.1, 0.15) is 0 Å². The van der Waals surface area contributed by atoms with Crippen molar-refractivity contribution >= 4 is 28.4 Å². The van der Waals surface area contributed by atoms with Crippen LogP contribution in [0.2, 0.25) is 0 Å². The van der Waals surface area contributed by atoms with E-state index in [4.69, 9.17) is 0 Å². The highest BCUT2D eigenvalue weighted by atomic mass is 15.1. The molecule has 0 spiro atoms. The molecule has 0 saturated heterocycles. The normalized spacial score (nSPS) is 18.0. The molecule has 1 aromatic heterocycles. The van der Waals surface area contributed by atoms with Crippen LogP contribution in [0.1, 0.15) is 24.8 Å². The lowest BCUT2D eigenvalue weighted by molar-refractivity contribution is 0.738. The monoisotopic (exact) mass is 264 g/mol. The van der Waals surface area contributed by atoms with Gasteiger partial charge in [0.15, 0.2) is 0 Å². The van der Waals surface area contributed by atoms with Crippen LogP contribution in [0.25, 0.3) is 17.0 Å². The van der Waals surface area contributed by atoms with Crippen LogP contribution in [0.5, 0.6) is 0 Å². The molecule has 0 saturated carbocycles. The molecule has 4 heteroatoms. The molecule has 2 N–H and O–H groups in total. The van der Waals surface area contributed by atoms with Crippen LogP contribution >= 0.6 is 0 Å². The number of aliphatic imine (C=N–C) groups is 1. The van der Waals surface area contributed by atoms with Crippen LogP contribution in [0.3, 0.4) is 0 Å². The lowest BCUT2D eigenvalue weighted by Crippen LogP contribution is -2.15. The predicted octanol–water partition coefficient (Wildman–Crippen LogP) is 3.51. The number of nitrogens with zero attached hydrogens (tertiary/aromatic N) is 2. The molecular weight excluding hydrogens is 248 g/mol. The average molecular weight is 264 g/mol. The van der Waals surface area contributed by atoms with Crippen LogP contribution in [-0.4, -0.2) is 22.5 Å². The number of rotatable bonds is 1. The Morgan fingerprint density at radius 2 is 2.15 bits per heavy atom. The Labute approximate surface area is 117 Å². The van der Waals surface area contributed by atoms with E-state index in [0.717, 1.165) is 35.3 Å². The Kier molecular flexibility index (Phi) is 2.66. The second-order valence-electron chi connectivity index (χ2n) is 5.21. The van der Waals surface area contributed by atoms with E-state index in [1.54, 1.807) is 0 Å². The van der Waals surface area contributed by atoms with Gasteiger partial charge in [0.05, 0.1) is 28.8 Å². The van der Waals surface area contributed by atoms with Gasteiger partial charge in [-0.3, -0.25) is 10.1 Å². The molecule has 0 fully saturated rings. The standard InChI is InChI=1S/C16H16N4/c1-2-9-17-14(5-1)15-6-3-4-11-7-8-13-12(10-18-20-13)16(11)19-15/h3-4,6-8,10,19H,1-2,5,9H2,(H,18,20). The van der Waals surface area contributed by atoms with Crippen molar-refractivity contribution in [2.75, 3.05) is 11.9 Å². The van der Waals surface area contributed by atoms with Crippen molar-refractivity contribution in [2.24, 2.45) is 4.99 Å². The van der Waals surface area contributed by atoms with E-state index >= 15 is 0 Å². The summed E-state index contributed by atoms with van der Waals surface area (Å²) in [6, 6.07) is 4.18. The quantitative estimate of drug-likeness (QED) is 0.828. The summed E-state index contributed by atoms with van der Waals surface area (Å²) in [5, 5.41) is 11.8. The maximum atomic E-state index is 4.66. The number of anilines is 1. The predicted molar refractivity (Wildman–Crippen MR) is 83.0 cm³/mol. The number of benzene rings is 1. The molecule has 2 aliphatic rings. The molecule has 1 aromatic carbocycles. The summed E-state index contributed by atoms with van der Waals surface area (Å²) in [7, 11) is 0. The Morgan fingerprint density at radius 3 is 3.05 bits per heavy atom. The van der Waals surface area contributed by atoms with Gasteiger partial charge in [0, 0.05) is 11.9 Å². The number of hydrogen-bond donors (Lipinski definition) is 2. The molecular formula is C16H16N4. The Balaban J connectivity index is 1.81. The van der Waals surface area contributed by atoms with E-state index in [9.17, 15) is 0 Å². The largest absolute Gasteiger partial charge is 0.353 e. The molecule has 0 atom stereocenters. The maximum absolute atomic E-state index is 4.66. The van der Waals surface area contributed by atoms with Crippen molar-refractivity contribution in [1.29, 1.82) is 0 Å². The highest BCUT2D eigenvalue weighted by Gasteiger charge is 2.15. The molecule has 0 aliphatic carbocycles. The Bertz CT molecular complexity index is 749. The van der Waals surface area contributed by atoms with Crippen molar-refractivity contribution < 1.29 is 0 Å². The molecule has 0 amide bonds. The summed E-state index contributed by atoms with van der Waals surface area (Å²) >= 11 is 0. The summed E-state index contributed by atoms with van der Waals surface area (Å²) in [6.45, 7) is 0.945. The van der Waals surface area contributed by atoms with Crippen molar-refractivity contribution in [3.63, 3.8) is 0 Å². The van der Waals surface area contributed by atoms with E-state index in [2.05, 4.69) is 50.9 Å². The lowest BCUT2D eigenvalue weighted by atomic mass is 10.1. The minimum Gasteiger partial charge on any atom is -0.353 e. The van der Waals surface area contributed by atoms with Crippen LogP contribution in [0, 0.1) is 0 Å². The SMILES string of the molecule is C1=Cc2ccc3[nH]ncc3c2NC(C2=NCCCC2)=C1. The molecule has 100 valence electrons. The fraction of sp³-hybridized carbons (Fsp3) is 0.250. The first-order chi connectivity index (χ1) is 9.92. The minimum absolute atomic E-state index is 0.945. The third-order valence-corrected chi connectivity index (χ3v) is 3.89. The molecule has 0 radical (unpaired) electrons. The second-order valence-corrected chi connectivity index (χ2v) is 5.21. The number of hydrogen-bond acceptors (Lipinski definition) is 3. The minimum atomic E-state index is 0.945. The summed E-state index contributed by atoms with van der Waals surface area (Å²) < 4.78 is 0. The second kappa shape index (κ2) is 4.63. The topological polar surface area (TPSA) is 53.1 Å². The van der Waals surface area contributed by atoms with Gasteiger partial charge >= 0.3 is 0 Å². The van der Waals surface area contributed by atoms with E-state index in [-0.39, 0.29) is 0 Å². The van der Waals surface area contributed by atoms with Gasteiger partial charge in [-0.15, -0.1) is 0 Å². The van der Waals surface area contributed by atoms with Gasteiger partial charge in [0.25, 0.3) is 0 Å².